The summed E-state index contributed by atoms with van der Waals surface area (Å²) >= 11 is 12.9. The van der Waals surface area contributed by atoms with Crippen LogP contribution in [0.1, 0.15) is 28.7 Å². The van der Waals surface area contributed by atoms with E-state index in [0.717, 1.165) is 5.56 Å². The lowest BCUT2D eigenvalue weighted by molar-refractivity contribution is -0.135. The first-order valence-corrected chi connectivity index (χ1v) is 5.89. The van der Waals surface area contributed by atoms with Crippen molar-refractivity contribution in [1.82, 2.24) is 0 Å². The predicted molar refractivity (Wildman–Crippen MR) is 57.9 cm³/mol. The van der Waals surface area contributed by atoms with Gasteiger partial charge in [-0.15, -0.1) is 22.9 Å². The van der Waals surface area contributed by atoms with E-state index < -0.39 is 18.0 Å². The predicted octanol–water partition coefficient (Wildman–Crippen LogP) is 5.33. The highest BCUT2D eigenvalue weighted by Crippen LogP contribution is 2.38. The van der Waals surface area contributed by atoms with Crippen LogP contribution in [0.25, 0.3) is 0 Å². The van der Waals surface area contributed by atoms with Gasteiger partial charge in [-0.1, -0.05) is 11.6 Å². The van der Waals surface area contributed by atoms with Gasteiger partial charge >= 0.3 is 6.18 Å². The van der Waals surface area contributed by atoms with Crippen LogP contribution >= 0.6 is 34.5 Å². The molecule has 0 aliphatic heterocycles. The molecule has 0 fully saturated rings. The molecule has 6 heteroatoms. The van der Waals surface area contributed by atoms with Gasteiger partial charge in [-0.05, 0) is 25.0 Å². The molecule has 0 aromatic carbocycles. The average molecular weight is 277 g/mol. The number of halogens is 5. The minimum Gasteiger partial charge on any atom is -0.171 e. The third-order valence-electron chi connectivity index (χ3n) is 1.87. The molecule has 0 N–H and O–H groups in total. The second-order valence-corrected chi connectivity index (χ2v) is 5.44. The van der Waals surface area contributed by atoms with Crippen molar-refractivity contribution in [3.8, 4) is 0 Å². The van der Waals surface area contributed by atoms with Gasteiger partial charge in [0, 0.05) is 11.3 Å². The minimum atomic E-state index is -4.15. The number of hydrogen-bond donors (Lipinski definition) is 0. The van der Waals surface area contributed by atoms with E-state index >= 15 is 0 Å². The molecular formula is C9H9Cl2F3S. The number of aryl methyl sites for hydroxylation is 1. The molecule has 0 bridgehead atoms. The van der Waals surface area contributed by atoms with Gasteiger partial charge in [-0.3, -0.25) is 0 Å². The molecule has 0 saturated carbocycles. The molecule has 86 valence electrons. The van der Waals surface area contributed by atoms with E-state index in [4.69, 9.17) is 23.2 Å². The zero-order valence-corrected chi connectivity index (χ0v) is 10.2. The largest absolute Gasteiger partial charge is 0.389 e. The lowest BCUT2D eigenvalue weighted by atomic mass is 10.2. The molecular weight excluding hydrogens is 268 g/mol. The molecule has 15 heavy (non-hydrogen) atoms. The zero-order valence-electron chi connectivity index (χ0n) is 7.87. The van der Waals surface area contributed by atoms with Crippen LogP contribution in [-0.2, 0) is 0 Å². The van der Waals surface area contributed by atoms with E-state index in [1.54, 1.807) is 13.0 Å². The second-order valence-electron chi connectivity index (χ2n) is 3.23. The Balaban J connectivity index is 2.58. The van der Waals surface area contributed by atoms with Gasteiger partial charge in [0.1, 0.15) is 0 Å². The van der Waals surface area contributed by atoms with Crippen molar-refractivity contribution in [2.24, 2.45) is 0 Å². The van der Waals surface area contributed by atoms with Crippen LogP contribution in [-0.4, -0.2) is 6.18 Å². The summed E-state index contributed by atoms with van der Waals surface area (Å²) in [7, 11) is 0. The van der Waals surface area contributed by atoms with Crippen molar-refractivity contribution in [1.29, 1.82) is 0 Å². The summed E-state index contributed by atoms with van der Waals surface area (Å²) in [6, 6.07) is 1.74. The van der Waals surface area contributed by atoms with Gasteiger partial charge < -0.3 is 0 Å². The lowest BCUT2D eigenvalue weighted by Gasteiger charge is -2.09. The van der Waals surface area contributed by atoms with E-state index in [9.17, 15) is 13.2 Å². The molecule has 1 aromatic rings. The van der Waals surface area contributed by atoms with Crippen molar-refractivity contribution >= 4 is 34.5 Å². The highest BCUT2D eigenvalue weighted by molar-refractivity contribution is 7.16. The minimum absolute atomic E-state index is 0.110. The Labute approximate surface area is 100.0 Å². The average Bonchev–Trinajstić information content (AvgIpc) is 2.42. The molecule has 1 unspecified atom stereocenters. The van der Waals surface area contributed by atoms with E-state index in [0.29, 0.717) is 9.21 Å². The van der Waals surface area contributed by atoms with Crippen LogP contribution in [0.3, 0.4) is 0 Å². The summed E-state index contributed by atoms with van der Waals surface area (Å²) in [5.41, 5.74) is 0.856. The molecule has 0 nitrogen and oxygen atoms in total. The fraction of sp³-hybridized carbons (Fsp3) is 0.556. The molecule has 0 aliphatic carbocycles. The Kier molecular flexibility index (Phi) is 4.32. The molecule has 0 amide bonds. The maximum Gasteiger partial charge on any atom is 0.389 e. The summed E-state index contributed by atoms with van der Waals surface area (Å²) in [6.45, 7) is 1.80. The Hall–Kier alpha value is 0.0700. The van der Waals surface area contributed by atoms with Crippen molar-refractivity contribution in [3.05, 3.63) is 20.8 Å². The second kappa shape index (κ2) is 4.93. The maximum absolute atomic E-state index is 11.9. The summed E-state index contributed by atoms with van der Waals surface area (Å²) in [4.78, 5) is 0.698. The summed E-state index contributed by atoms with van der Waals surface area (Å²) < 4.78 is 36.4. The lowest BCUT2D eigenvalue weighted by Crippen LogP contribution is -2.07. The number of rotatable bonds is 3. The number of hydrogen-bond acceptors (Lipinski definition) is 1. The van der Waals surface area contributed by atoms with Crippen molar-refractivity contribution in [3.63, 3.8) is 0 Å². The van der Waals surface area contributed by atoms with Gasteiger partial charge in [-0.2, -0.15) is 13.2 Å². The van der Waals surface area contributed by atoms with Gasteiger partial charge in [0.05, 0.1) is 9.71 Å². The van der Waals surface area contributed by atoms with Crippen molar-refractivity contribution in [2.45, 2.75) is 31.3 Å². The normalized spacial score (nSPS) is 14.3. The summed E-state index contributed by atoms with van der Waals surface area (Å²) in [5, 5.41) is -0.608. The third kappa shape index (κ3) is 4.21. The third-order valence-corrected chi connectivity index (χ3v) is 4.12. The SMILES string of the molecule is Cc1cc(C(Cl)CCC(F)(F)F)sc1Cl. The van der Waals surface area contributed by atoms with Crippen LogP contribution < -0.4 is 0 Å². The standard InChI is InChI=1S/C9H9Cl2F3S/c1-5-4-7(15-8(5)11)6(10)2-3-9(12,13)14/h4,6H,2-3H2,1H3. The Morgan fingerprint density at radius 3 is 2.47 bits per heavy atom. The van der Waals surface area contributed by atoms with Gasteiger partial charge in [0.25, 0.3) is 0 Å². The highest BCUT2D eigenvalue weighted by atomic mass is 35.5. The Morgan fingerprint density at radius 2 is 2.07 bits per heavy atom. The van der Waals surface area contributed by atoms with E-state index in [2.05, 4.69) is 0 Å². The van der Waals surface area contributed by atoms with Crippen LogP contribution in [0.5, 0.6) is 0 Å². The molecule has 0 aliphatic rings. The molecule has 1 atom stereocenters. The van der Waals surface area contributed by atoms with Crippen LogP contribution in [0, 0.1) is 6.92 Å². The highest BCUT2D eigenvalue weighted by Gasteiger charge is 2.28. The molecule has 1 aromatic heterocycles. The fourth-order valence-electron chi connectivity index (χ4n) is 1.07. The molecule has 0 radical (unpaired) electrons. The molecule has 1 rings (SSSR count). The molecule has 0 spiro atoms. The van der Waals surface area contributed by atoms with Gasteiger partial charge in [0.2, 0.25) is 0 Å². The zero-order chi connectivity index (χ0) is 11.6. The number of alkyl halides is 4. The van der Waals surface area contributed by atoms with E-state index in [1.165, 1.54) is 11.3 Å². The van der Waals surface area contributed by atoms with E-state index in [-0.39, 0.29) is 6.42 Å². The maximum atomic E-state index is 11.9. The molecule has 1 heterocycles. The summed E-state index contributed by atoms with van der Waals surface area (Å²) in [6.07, 6.45) is -5.12. The molecule has 0 saturated heterocycles. The first-order chi connectivity index (χ1) is 6.79. The van der Waals surface area contributed by atoms with Crippen molar-refractivity contribution < 1.29 is 13.2 Å². The number of thiophene rings is 1. The Bertz CT molecular complexity index is 313. The quantitative estimate of drug-likeness (QED) is 0.655. The first kappa shape index (κ1) is 13.1. The van der Waals surface area contributed by atoms with Crippen LogP contribution in [0.2, 0.25) is 4.34 Å². The monoisotopic (exact) mass is 276 g/mol. The van der Waals surface area contributed by atoms with Crippen LogP contribution in [0.15, 0.2) is 6.07 Å². The topological polar surface area (TPSA) is 0 Å². The first-order valence-electron chi connectivity index (χ1n) is 4.26. The van der Waals surface area contributed by atoms with Crippen LogP contribution in [0.4, 0.5) is 13.2 Å². The Morgan fingerprint density at radius 1 is 1.47 bits per heavy atom. The smallest absolute Gasteiger partial charge is 0.171 e. The fourth-order valence-corrected chi connectivity index (χ4v) is 2.61. The van der Waals surface area contributed by atoms with Gasteiger partial charge in [-0.25, -0.2) is 0 Å². The van der Waals surface area contributed by atoms with Gasteiger partial charge in [0.15, 0.2) is 0 Å². The summed E-state index contributed by atoms with van der Waals surface area (Å²) in [5.74, 6) is 0. The van der Waals surface area contributed by atoms with Crippen molar-refractivity contribution in [2.75, 3.05) is 0 Å². The van der Waals surface area contributed by atoms with E-state index in [1.807, 2.05) is 0 Å².